The van der Waals surface area contributed by atoms with Crippen molar-refractivity contribution >= 4 is 40.4 Å². The number of pyridine rings is 1. The smallest absolute Gasteiger partial charge is 0.366 e. The van der Waals surface area contributed by atoms with Crippen molar-refractivity contribution in [3.63, 3.8) is 0 Å². The molecule has 0 saturated carbocycles. The molecule has 5 heterocycles. The summed E-state index contributed by atoms with van der Waals surface area (Å²) >= 11 is 0. The van der Waals surface area contributed by atoms with Gasteiger partial charge in [-0.3, -0.25) is 15.0 Å². The van der Waals surface area contributed by atoms with Gasteiger partial charge in [0.05, 0.1) is 29.0 Å². The number of nitrogens with one attached hydrogen (secondary N) is 3. The Hall–Kier alpha value is -3.90. The van der Waals surface area contributed by atoms with Crippen molar-refractivity contribution in [2.45, 2.75) is 31.6 Å². The molecule has 3 N–H and O–H groups in total. The van der Waals surface area contributed by atoms with E-state index in [2.05, 4.69) is 25.3 Å². The van der Waals surface area contributed by atoms with Crippen molar-refractivity contribution in [2.24, 2.45) is 0 Å². The number of anilines is 3. The molecule has 3 amide bonds. The molecule has 172 valence electrons. The molecular weight excluding hydrogens is 441 g/mol. The van der Waals surface area contributed by atoms with E-state index in [0.717, 1.165) is 6.92 Å². The number of nitrogens with zero attached hydrogens (tertiary/aromatic N) is 5. The van der Waals surface area contributed by atoms with Gasteiger partial charge in [-0.1, -0.05) is 0 Å². The largest absolute Gasteiger partial charge is 0.408 e. The van der Waals surface area contributed by atoms with Crippen molar-refractivity contribution < 1.29 is 22.8 Å². The van der Waals surface area contributed by atoms with E-state index in [1.807, 2.05) is 10.2 Å². The first-order valence-electron chi connectivity index (χ1n) is 10.2. The van der Waals surface area contributed by atoms with Crippen LogP contribution in [0, 0.1) is 0 Å². The van der Waals surface area contributed by atoms with Crippen LogP contribution < -0.4 is 20.4 Å². The number of H-pyrrole nitrogens is 1. The van der Waals surface area contributed by atoms with Gasteiger partial charge >= 0.3 is 12.2 Å². The summed E-state index contributed by atoms with van der Waals surface area (Å²) in [7, 11) is 0. The number of halogens is 3. The number of amides is 3. The van der Waals surface area contributed by atoms with Gasteiger partial charge in [0.1, 0.15) is 11.7 Å². The molecule has 13 heteroatoms. The Morgan fingerprint density at radius 3 is 2.85 bits per heavy atom. The molecule has 5 rings (SSSR count). The summed E-state index contributed by atoms with van der Waals surface area (Å²) in [5.74, 6) is -0.671. The Balaban J connectivity index is 1.43. The zero-order valence-electron chi connectivity index (χ0n) is 17.3. The third-order valence-electron chi connectivity index (χ3n) is 5.76. The summed E-state index contributed by atoms with van der Waals surface area (Å²) in [6.45, 7) is 2.12. The topological polar surface area (TPSA) is 119 Å². The van der Waals surface area contributed by atoms with E-state index in [9.17, 15) is 22.8 Å². The molecule has 2 aliphatic heterocycles. The monoisotopic (exact) mass is 460 g/mol. The average Bonchev–Trinajstić information content (AvgIpc) is 3.40. The van der Waals surface area contributed by atoms with Crippen LogP contribution in [0.1, 0.15) is 23.8 Å². The fourth-order valence-corrected chi connectivity index (χ4v) is 4.01. The van der Waals surface area contributed by atoms with Gasteiger partial charge in [-0.05, 0) is 31.5 Å². The summed E-state index contributed by atoms with van der Waals surface area (Å²) < 4.78 is 38.5. The van der Waals surface area contributed by atoms with Gasteiger partial charge in [0.25, 0.3) is 5.91 Å². The summed E-state index contributed by atoms with van der Waals surface area (Å²) in [6.07, 6.45) is -0.660. The lowest BCUT2D eigenvalue weighted by molar-refractivity contribution is -0.149. The van der Waals surface area contributed by atoms with Gasteiger partial charge in [0.2, 0.25) is 5.95 Å². The number of fused-ring (bicyclic) bond motifs is 5. The lowest BCUT2D eigenvalue weighted by Gasteiger charge is -2.35. The Kier molecular flexibility index (Phi) is 4.83. The molecule has 0 spiro atoms. The second-order valence-electron chi connectivity index (χ2n) is 7.93. The Bertz CT molecular complexity index is 1240. The lowest BCUT2D eigenvalue weighted by atomic mass is 10.1. The number of rotatable bonds is 3. The molecule has 3 aromatic heterocycles. The van der Waals surface area contributed by atoms with Crippen LogP contribution in [0.25, 0.3) is 11.0 Å². The minimum absolute atomic E-state index is 0.0991. The molecule has 0 radical (unpaired) electrons. The zero-order chi connectivity index (χ0) is 23.3. The van der Waals surface area contributed by atoms with Crippen LogP contribution in [0.15, 0.2) is 30.6 Å². The number of aromatic nitrogens is 4. The van der Waals surface area contributed by atoms with E-state index in [1.165, 1.54) is 11.0 Å². The minimum atomic E-state index is -4.58. The molecule has 10 nitrogen and oxygen atoms in total. The fourth-order valence-electron chi connectivity index (χ4n) is 4.01. The van der Waals surface area contributed by atoms with Gasteiger partial charge in [0.15, 0.2) is 5.82 Å². The highest BCUT2D eigenvalue weighted by molar-refractivity contribution is 6.04. The summed E-state index contributed by atoms with van der Waals surface area (Å²) in [4.78, 5) is 44.7. The minimum Gasteiger partial charge on any atom is -0.366 e. The van der Waals surface area contributed by atoms with E-state index in [1.54, 1.807) is 24.5 Å². The number of urea groups is 1. The van der Waals surface area contributed by atoms with Crippen LogP contribution in [0.2, 0.25) is 0 Å². The molecule has 2 bridgehead atoms. The molecule has 1 saturated heterocycles. The predicted molar refractivity (Wildman–Crippen MR) is 113 cm³/mol. The first-order valence-corrected chi connectivity index (χ1v) is 10.2. The quantitative estimate of drug-likeness (QED) is 0.553. The van der Waals surface area contributed by atoms with Crippen LogP contribution in [-0.4, -0.2) is 63.2 Å². The molecule has 1 unspecified atom stereocenters. The molecule has 0 aromatic carbocycles. The maximum absolute atomic E-state index is 13.2. The molecule has 3 aromatic rings. The maximum Gasteiger partial charge on any atom is 0.408 e. The van der Waals surface area contributed by atoms with Gasteiger partial charge in [-0.15, -0.1) is 0 Å². The zero-order valence-corrected chi connectivity index (χ0v) is 17.3. The maximum atomic E-state index is 13.2. The molecule has 2 atom stereocenters. The van der Waals surface area contributed by atoms with Gasteiger partial charge in [-0.25, -0.2) is 19.7 Å². The van der Waals surface area contributed by atoms with E-state index in [-0.39, 0.29) is 23.5 Å². The normalized spacial score (nSPS) is 18.2. The van der Waals surface area contributed by atoms with E-state index in [0.29, 0.717) is 36.2 Å². The first-order chi connectivity index (χ1) is 15.7. The van der Waals surface area contributed by atoms with E-state index < -0.39 is 24.2 Å². The second kappa shape index (κ2) is 7.60. The van der Waals surface area contributed by atoms with Gasteiger partial charge < -0.3 is 15.2 Å². The van der Waals surface area contributed by atoms with E-state index >= 15 is 0 Å². The van der Waals surface area contributed by atoms with Crippen molar-refractivity contribution in [2.75, 3.05) is 28.2 Å². The first kappa shape index (κ1) is 21.0. The Morgan fingerprint density at radius 2 is 2.06 bits per heavy atom. The van der Waals surface area contributed by atoms with Crippen LogP contribution in [0.5, 0.6) is 0 Å². The third-order valence-corrected chi connectivity index (χ3v) is 5.76. The van der Waals surface area contributed by atoms with Gasteiger partial charge in [0, 0.05) is 19.3 Å². The second-order valence-corrected chi connectivity index (χ2v) is 7.93. The van der Waals surface area contributed by atoms with E-state index in [4.69, 9.17) is 0 Å². The van der Waals surface area contributed by atoms with Crippen LogP contribution in [0.4, 0.5) is 35.4 Å². The van der Waals surface area contributed by atoms with Crippen molar-refractivity contribution in [1.29, 1.82) is 0 Å². The highest BCUT2D eigenvalue weighted by atomic mass is 19.4. The molecule has 33 heavy (non-hydrogen) atoms. The Labute approximate surface area is 185 Å². The number of alkyl halides is 3. The SMILES string of the molecule is CC(NC(=O)c1ccc2c(n1)N(C(=O)Nc1ncc3[nH]ccc3n1)[C@H]1CCN2C1)C(F)(F)F. The predicted octanol–water partition coefficient (Wildman–Crippen LogP) is 2.66. The fraction of sp³-hybridized carbons (Fsp3) is 0.350. The number of hydrogen-bond acceptors (Lipinski definition) is 6. The Morgan fingerprint density at radius 1 is 1.24 bits per heavy atom. The van der Waals surface area contributed by atoms with Gasteiger partial charge in [-0.2, -0.15) is 13.2 Å². The van der Waals surface area contributed by atoms with Crippen molar-refractivity contribution in [1.82, 2.24) is 25.3 Å². The molecule has 2 aliphatic rings. The highest BCUT2D eigenvalue weighted by Gasteiger charge is 2.41. The molecule has 0 aliphatic carbocycles. The van der Waals surface area contributed by atoms with Crippen LogP contribution >= 0.6 is 0 Å². The van der Waals surface area contributed by atoms with Crippen LogP contribution in [-0.2, 0) is 0 Å². The summed E-state index contributed by atoms with van der Waals surface area (Å²) in [5.41, 5.74) is 1.76. The third kappa shape index (κ3) is 3.79. The van der Waals surface area contributed by atoms with Crippen molar-refractivity contribution in [3.8, 4) is 0 Å². The van der Waals surface area contributed by atoms with Crippen LogP contribution in [0.3, 0.4) is 0 Å². The summed E-state index contributed by atoms with van der Waals surface area (Å²) in [5, 5.41) is 4.56. The number of hydrogen-bond donors (Lipinski definition) is 3. The standard InChI is InChI=1S/C20H19F3N8O2/c1-10(20(21,22)23)26-17(32)13-2-3-15-16(27-13)31(11-5-7-30(15)9-11)19(33)29-18-25-8-14-12(28-18)4-6-24-14/h2-4,6,8,10-11,24H,5,7,9H2,1H3,(H,26,32)(H,25,28,29,33)/t10?,11-/m0/s1. The average molecular weight is 460 g/mol. The number of aromatic amines is 1. The van der Waals surface area contributed by atoms with Crippen molar-refractivity contribution in [3.05, 3.63) is 36.3 Å². The lowest BCUT2D eigenvalue weighted by Crippen LogP contribution is -2.49. The molecule has 1 fully saturated rings. The molecular formula is C20H19F3N8O2. The summed E-state index contributed by atoms with van der Waals surface area (Å²) in [6, 6.07) is 1.91. The number of carbonyl (C=O) groups is 2. The number of carbonyl (C=O) groups excluding carboxylic acids is 2. The highest BCUT2D eigenvalue weighted by Crippen LogP contribution is 2.39.